The van der Waals surface area contributed by atoms with Gasteiger partial charge in [-0.3, -0.25) is 4.79 Å². The highest BCUT2D eigenvalue weighted by atomic mass is 16.1. The van der Waals surface area contributed by atoms with E-state index in [9.17, 15) is 4.79 Å². The fourth-order valence-corrected chi connectivity index (χ4v) is 2.68. The SMILES string of the molecule is CNCC1CCN(CCC(=O)Nc2ccc(C#N)cc2)C1. The van der Waals surface area contributed by atoms with Gasteiger partial charge in [0.05, 0.1) is 11.6 Å². The maximum atomic E-state index is 11.9. The number of likely N-dealkylation sites (tertiary alicyclic amines) is 1. The van der Waals surface area contributed by atoms with Crippen LogP contribution in [0.1, 0.15) is 18.4 Å². The second-order valence-electron chi connectivity index (χ2n) is 5.50. The lowest BCUT2D eigenvalue weighted by Crippen LogP contribution is -2.27. The first kappa shape index (κ1) is 15.5. The lowest BCUT2D eigenvalue weighted by molar-refractivity contribution is -0.116. The molecule has 21 heavy (non-hydrogen) atoms. The third-order valence-electron chi connectivity index (χ3n) is 3.82. The number of nitrogens with one attached hydrogen (secondary N) is 2. The van der Waals surface area contributed by atoms with Crippen molar-refractivity contribution in [3.05, 3.63) is 29.8 Å². The van der Waals surface area contributed by atoms with Crippen molar-refractivity contribution in [2.75, 3.05) is 38.5 Å². The zero-order valence-electron chi connectivity index (χ0n) is 12.4. The lowest BCUT2D eigenvalue weighted by Gasteiger charge is -2.15. The first-order valence-electron chi connectivity index (χ1n) is 7.38. The molecule has 5 heteroatoms. The molecule has 112 valence electrons. The Kier molecular flexibility index (Phi) is 5.73. The zero-order valence-corrected chi connectivity index (χ0v) is 12.4. The van der Waals surface area contributed by atoms with E-state index in [0.29, 0.717) is 17.9 Å². The van der Waals surface area contributed by atoms with E-state index in [0.717, 1.165) is 31.9 Å². The molecular weight excluding hydrogens is 264 g/mol. The average molecular weight is 286 g/mol. The number of carbonyl (C=O) groups excluding carboxylic acids is 1. The van der Waals surface area contributed by atoms with Crippen molar-refractivity contribution in [1.82, 2.24) is 10.2 Å². The molecule has 1 aromatic carbocycles. The van der Waals surface area contributed by atoms with Crippen molar-refractivity contribution in [3.8, 4) is 6.07 Å². The van der Waals surface area contributed by atoms with Gasteiger partial charge in [-0.2, -0.15) is 5.26 Å². The number of anilines is 1. The quantitative estimate of drug-likeness (QED) is 0.830. The fourth-order valence-electron chi connectivity index (χ4n) is 2.68. The van der Waals surface area contributed by atoms with Crippen LogP contribution in [0.4, 0.5) is 5.69 Å². The van der Waals surface area contributed by atoms with E-state index >= 15 is 0 Å². The molecule has 0 aliphatic carbocycles. The van der Waals surface area contributed by atoms with E-state index in [1.807, 2.05) is 7.05 Å². The molecule has 0 spiro atoms. The first-order chi connectivity index (χ1) is 10.2. The van der Waals surface area contributed by atoms with Crippen LogP contribution in [0.3, 0.4) is 0 Å². The molecule has 1 aromatic rings. The highest BCUT2D eigenvalue weighted by molar-refractivity contribution is 5.90. The van der Waals surface area contributed by atoms with Gasteiger partial charge in [-0.05, 0) is 56.7 Å². The minimum Gasteiger partial charge on any atom is -0.326 e. The highest BCUT2D eigenvalue weighted by Crippen LogP contribution is 2.15. The number of carbonyl (C=O) groups is 1. The minimum absolute atomic E-state index is 0.0248. The summed E-state index contributed by atoms with van der Waals surface area (Å²) in [6.07, 6.45) is 1.71. The van der Waals surface area contributed by atoms with Crippen molar-refractivity contribution < 1.29 is 4.79 Å². The van der Waals surface area contributed by atoms with Crippen LogP contribution in [-0.4, -0.2) is 44.0 Å². The van der Waals surface area contributed by atoms with Gasteiger partial charge in [-0.15, -0.1) is 0 Å². The van der Waals surface area contributed by atoms with E-state index in [-0.39, 0.29) is 5.91 Å². The molecule has 1 fully saturated rings. The third-order valence-corrected chi connectivity index (χ3v) is 3.82. The van der Waals surface area contributed by atoms with Gasteiger partial charge in [0.15, 0.2) is 0 Å². The molecule has 0 bridgehead atoms. The maximum absolute atomic E-state index is 11.9. The van der Waals surface area contributed by atoms with Crippen molar-refractivity contribution in [3.63, 3.8) is 0 Å². The Bertz CT molecular complexity index is 506. The summed E-state index contributed by atoms with van der Waals surface area (Å²) in [5.74, 6) is 0.730. The average Bonchev–Trinajstić information content (AvgIpc) is 2.94. The van der Waals surface area contributed by atoms with E-state index in [4.69, 9.17) is 5.26 Å². The predicted octanol–water partition coefficient (Wildman–Crippen LogP) is 1.43. The zero-order chi connectivity index (χ0) is 15.1. The Balaban J connectivity index is 1.71. The highest BCUT2D eigenvalue weighted by Gasteiger charge is 2.21. The van der Waals surface area contributed by atoms with Gasteiger partial charge in [0.1, 0.15) is 0 Å². The lowest BCUT2D eigenvalue weighted by atomic mass is 10.1. The van der Waals surface area contributed by atoms with Crippen LogP contribution in [0.5, 0.6) is 0 Å². The van der Waals surface area contributed by atoms with E-state index in [2.05, 4.69) is 21.6 Å². The summed E-state index contributed by atoms with van der Waals surface area (Å²) in [6, 6.07) is 8.99. The van der Waals surface area contributed by atoms with Gasteiger partial charge >= 0.3 is 0 Å². The van der Waals surface area contributed by atoms with Crippen molar-refractivity contribution in [2.24, 2.45) is 5.92 Å². The molecule has 0 radical (unpaired) electrons. The van der Waals surface area contributed by atoms with Crippen molar-refractivity contribution in [1.29, 1.82) is 5.26 Å². The van der Waals surface area contributed by atoms with Gasteiger partial charge in [0, 0.05) is 25.2 Å². The molecule has 0 saturated carbocycles. The number of benzene rings is 1. The molecule has 2 N–H and O–H groups in total. The van der Waals surface area contributed by atoms with Gasteiger partial charge in [0.2, 0.25) is 5.91 Å². The summed E-state index contributed by atoms with van der Waals surface area (Å²) < 4.78 is 0. The predicted molar refractivity (Wildman–Crippen MR) is 82.9 cm³/mol. The molecule has 2 rings (SSSR count). The third kappa shape index (κ3) is 4.85. The Morgan fingerprint density at radius 2 is 2.19 bits per heavy atom. The van der Waals surface area contributed by atoms with Crippen molar-refractivity contribution >= 4 is 11.6 Å². The van der Waals surface area contributed by atoms with Crippen molar-refractivity contribution in [2.45, 2.75) is 12.8 Å². The molecule has 1 unspecified atom stereocenters. The van der Waals surface area contributed by atoms with Crippen LogP contribution in [0.25, 0.3) is 0 Å². The fraction of sp³-hybridized carbons (Fsp3) is 0.500. The standard InChI is InChI=1S/C16H22N4O/c1-18-11-14-6-8-20(12-14)9-7-16(21)19-15-4-2-13(10-17)3-5-15/h2-5,14,18H,6-9,11-12H2,1H3,(H,19,21). The van der Waals surface area contributed by atoms with E-state index in [1.54, 1.807) is 24.3 Å². The van der Waals surface area contributed by atoms with Crippen LogP contribution in [0.15, 0.2) is 24.3 Å². The Hall–Kier alpha value is -1.90. The van der Waals surface area contributed by atoms with Crippen LogP contribution in [0.2, 0.25) is 0 Å². The summed E-state index contributed by atoms with van der Waals surface area (Å²) in [7, 11) is 1.98. The summed E-state index contributed by atoms with van der Waals surface area (Å²) in [4.78, 5) is 14.3. The van der Waals surface area contributed by atoms with Gasteiger partial charge in [-0.25, -0.2) is 0 Å². The van der Waals surface area contributed by atoms with Crippen LogP contribution < -0.4 is 10.6 Å². The number of nitriles is 1. The molecule has 1 atom stereocenters. The summed E-state index contributed by atoms with van der Waals surface area (Å²) >= 11 is 0. The summed E-state index contributed by atoms with van der Waals surface area (Å²) in [6.45, 7) is 4.01. The van der Waals surface area contributed by atoms with E-state index in [1.165, 1.54) is 6.42 Å². The van der Waals surface area contributed by atoms with E-state index < -0.39 is 0 Å². The van der Waals surface area contributed by atoms with Gasteiger partial charge in [0.25, 0.3) is 0 Å². The summed E-state index contributed by atoms with van der Waals surface area (Å²) in [5, 5.41) is 14.8. The number of hydrogen-bond acceptors (Lipinski definition) is 4. The minimum atomic E-state index is 0.0248. The molecule has 0 aromatic heterocycles. The maximum Gasteiger partial charge on any atom is 0.225 e. The molecule has 1 aliphatic heterocycles. The molecular formula is C16H22N4O. The Labute approximate surface area is 125 Å². The van der Waals surface area contributed by atoms with Crippen LogP contribution in [0, 0.1) is 17.2 Å². The number of hydrogen-bond donors (Lipinski definition) is 2. The normalized spacial score (nSPS) is 18.4. The molecule has 1 saturated heterocycles. The molecule has 1 heterocycles. The monoisotopic (exact) mass is 286 g/mol. The number of rotatable bonds is 6. The van der Waals surface area contributed by atoms with Crippen LogP contribution in [-0.2, 0) is 4.79 Å². The number of nitrogens with zero attached hydrogens (tertiary/aromatic N) is 2. The molecule has 5 nitrogen and oxygen atoms in total. The van der Waals surface area contributed by atoms with Gasteiger partial charge < -0.3 is 15.5 Å². The topological polar surface area (TPSA) is 68.2 Å². The molecule has 1 amide bonds. The van der Waals surface area contributed by atoms with Gasteiger partial charge in [-0.1, -0.05) is 0 Å². The Morgan fingerprint density at radius 1 is 1.43 bits per heavy atom. The second-order valence-corrected chi connectivity index (χ2v) is 5.50. The second kappa shape index (κ2) is 7.77. The smallest absolute Gasteiger partial charge is 0.225 e. The largest absolute Gasteiger partial charge is 0.326 e. The summed E-state index contributed by atoms with van der Waals surface area (Å²) in [5.41, 5.74) is 1.34. The van der Waals surface area contributed by atoms with Crippen LogP contribution >= 0.6 is 0 Å². The first-order valence-corrected chi connectivity index (χ1v) is 7.38. The Morgan fingerprint density at radius 3 is 2.86 bits per heavy atom. The molecule has 1 aliphatic rings. The number of amides is 1.